The van der Waals surface area contributed by atoms with E-state index in [4.69, 9.17) is 4.74 Å². The number of nitrogens with zero attached hydrogens (tertiary/aromatic N) is 2. The molecule has 0 fully saturated rings. The number of benzene rings is 1. The van der Waals surface area contributed by atoms with E-state index in [1.54, 1.807) is 12.1 Å². The Bertz CT molecular complexity index is 1140. The van der Waals surface area contributed by atoms with Crippen molar-refractivity contribution >= 4 is 17.0 Å². The minimum Gasteiger partial charge on any atom is -0.505 e. The second kappa shape index (κ2) is 6.08. The number of aliphatic carboxylic acids is 1. The van der Waals surface area contributed by atoms with Gasteiger partial charge >= 0.3 is 5.97 Å². The molecule has 0 bridgehead atoms. The standard InChI is InChI=1S/C19H15FN2O5/c1-9-16(23)14-15-17(27-13(19(25)26)8-22(15)18(9)24)11(7-21-14)6-10-2-4-12(20)5-3-10/h2-5,7,13,23H,6,8H2,1H3,(H,25,26). The molecule has 0 aliphatic carbocycles. The highest BCUT2D eigenvalue weighted by Gasteiger charge is 2.32. The predicted molar refractivity (Wildman–Crippen MR) is 93.7 cm³/mol. The van der Waals surface area contributed by atoms with Crippen molar-refractivity contribution in [3.63, 3.8) is 0 Å². The van der Waals surface area contributed by atoms with Gasteiger partial charge in [-0.25, -0.2) is 9.18 Å². The molecule has 138 valence electrons. The molecule has 3 heterocycles. The Labute approximate surface area is 152 Å². The van der Waals surface area contributed by atoms with E-state index in [-0.39, 0.29) is 40.5 Å². The molecule has 2 aromatic heterocycles. The molecule has 0 saturated heterocycles. The Balaban J connectivity index is 1.95. The number of aromatic hydroxyl groups is 1. The highest BCUT2D eigenvalue weighted by molar-refractivity contribution is 5.90. The van der Waals surface area contributed by atoms with Gasteiger partial charge in [0.2, 0.25) is 6.10 Å². The third-order valence-electron chi connectivity index (χ3n) is 4.69. The van der Waals surface area contributed by atoms with Gasteiger partial charge in [0.1, 0.15) is 16.9 Å². The van der Waals surface area contributed by atoms with Crippen LogP contribution in [0.1, 0.15) is 16.7 Å². The van der Waals surface area contributed by atoms with Gasteiger partial charge in [0.15, 0.2) is 11.5 Å². The van der Waals surface area contributed by atoms with Gasteiger partial charge in [-0.1, -0.05) is 12.1 Å². The molecule has 0 amide bonds. The molecule has 1 aliphatic heterocycles. The molecule has 1 atom stereocenters. The van der Waals surface area contributed by atoms with Crippen molar-refractivity contribution in [1.29, 1.82) is 0 Å². The summed E-state index contributed by atoms with van der Waals surface area (Å²) >= 11 is 0. The normalized spacial score (nSPS) is 15.6. The van der Waals surface area contributed by atoms with Crippen LogP contribution in [0.3, 0.4) is 0 Å². The van der Waals surface area contributed by atoms with Gasteiger partial charge in [-0.15, -0.1) is 0 Å². The number of carbonyl (C=O) groups is 1. The Hall–Kier alpha value is -3.42. The first-order chi connectivity index (χ1) is 12.9. The van der Waals surface area contributed by atoms with Crippen LogP contribution in [-0.4, -0.2) is 31.8 Å². The number of aromatic nitrogens is 2. The average Bonchev–Trinajstić information content (AvgIpc) is 2.66. The zero-order chi connectivity index (χ0) is 19.3. The average molecular weight is 370 g/mol. The van der Waals surface area contributed by atoms with Gasteiger partial charge in [-0.2, -0.15) is 0 Å². The summed E-state index contributed by atoms with van der Waals surface area (Å²) in [6.45, 7) is 1.28. The lowest BCUT2D eigenvalue weighted by atomic mass is 10.0. The Morgan fingerprint density at radius 3 is 2.74 bits per heavy atom. The van der Waals surface area contributed by atoms with Crippen LogP contribution in [0.5, 0.6) is 11.5 Å². The number of hydrogen-bond donors (Lipinski definition) is 2. The Morgan fingerprint density at radius 2 is 2.07 bits per heavy atom. The zero-order valence-electron chi connectivity index (χ0n) is 14.3. The number of carboxylic acid groups (broad SMARTS) is 1. The number of halogens is 1. The van der Waals surface area contributed by atoms with E-state index in [0.717, 1.165) is 5.56 Å². The lowest BCUT2D eigenvalue weighted by Crippen LogP contribution is -2.40. The fourth-order valence-corrected chi connectivity index (χ4v) is 3.26. The van der Waals surface area contributed by atoms with E-state index in [2.05, 4.69) is 4.98 Å². The first kappa shape index (κ1) is 17.0. The molecule has 1 unspecified atom stereocenters. The maximum Gasteiger partial charge on any atom is 0.346 e. The number of pyridine rings is 2. The fraction of sp³-hybridized carbons (Fsp3) is 0.211. The van der Waals surface area contributed by atoms with Crippen LogP contribution in [0.15, 0.2) is 35.3 Å². The van der Waals surface area contributed by atoms with Gasteiger partial charge < -0.3 is 14.9 Å². The highest BCUT2D eigenvalue weighted by atomic mass is 19.1. The second-order valence-electron chi connectivity index (χ2n) is 6.45. The molecule has 3 aromatic rings. The summed E-state index contributed by atoms with van der Waals surface area (Å²) in [7, 11) is 0. The first-order valence-electron chi connectivity index (χ1n) is 8.24. The van der Waals surface area contributed by atoms with E-state index in [1.807, 2.05) is 0 Å². The molecule has 0 radical (unpaired) electrons. The summed E-state index contributed by atoms with van der Waals surface area (Å²) < 4.78 is 20.1. The van der Waals surface area contributed by atoms with Crippen LogP contribution in [0.2, 0.25) is 0 Å². The smallest absolute Gasteiger partial charge is 0.346 e. The van der Waals surface area contributed by atoms with Gasteiger partial charge in [0.05, 0.1) is 12.1 Å². The van der Waals surface area contributed by atoms with E-state index >= 15 is 0 Å². The summed E-state index contributed by atoms with van der Waals surface area (Å²) in [4.78, 5) is 28.3. The molecule has 0 spiro atoms. The minimum absolute atomic E-state index is 0.0956. The van der Waals surface area contributed by atoms with E-state index in [9.17, 15) is 24.2 Å². The summed E-state index contributed by atoms with van der Waals surface area (Å²) in [6, 6.07) is 5.84. The lowest BCUT2D eigenvalue weighted by Gasteiger charge is -2.27. The summed E-state index contributed by atoms with van der Waals surface area (Å²) in [6.07, 6.45) is 0.532. The predicted octanol–water partition coefficient (Wildman–Crippen LogP) is 1.99. The molecule has 1 aromatic carbocycles. The number of carboxylic acids is 1. The molecular formula is C19H15FN2O5. The topological polar surface area (TPSA) is 102 Å². The third kappa shape index (κ3) is 2.69. The van der Waals surface area contributed by atoms with Crippen molar-refractivity contribution in [2.24, 2.45) is 0 Å². The molecule has 1 aliphatic rings. The van der Waals surface area contributed by atoms with Crippen molar-refractivity contribution in [2.45, 2.75) is 26.0 Å². The molecule has 0 saturated carbocycles. The maximum absolute atomic E-state index is 13.1. The molecule has 27 heavy (non-hydrogen) atoms. The van der Waals surface area contributed by atoms with E-state index in [0.29, 0.717) is 12.0 Å². The summed E-state index contributed by atoms with van der Waals surface area (Å²) in [5.41, 5.74) is 1.35. The van der Waals surface area contributed by atoms with Crippen molar-refractivity contribution in [1.82, 2.24) is 9.55 Å². The molecule has 8 heteroatoms. The van der Waals surface area contributed by atoms with E-state index < -0.39 is 17.6 Å². The SMILES string of the molecule is Cc1c(O)c2ncc(Cc3ccc(F)cc3)c3c2n(c1=O)CC(C(=O)O)O3. The van der Waals surface area contributed by atoms with Gasteiger partial charge in [0, 0.05) is 18.2 Å². The maximum atomic E-state index is 13.1. The number of ether oxygens (including phenoxy) is 1. The number of hydrogen-bond acceptors (Lipinski definition) is 5. The van der Waals surface area contributed by atoms with Crippen LogP contribution < -0.4 is 10.3 Å². The number of rotatable bonds is 3. The summed E-state index contributed by atoms with van der Waals surface area (Å²) in [5.74, 6) is -1.63. The van der Waals surface area contributed by atoms with Crippen molar-refractivity contribution < 1.29 is 24.1 Å². The molecule has 2 N–H and O–H groups in total. The largest absolute Gasteiger partial charge is 0.505 e. The van der Waals surface area contributed by atoms with Gasteiger partial charge in [-0.3, -0.25) is 14.3 Å². The van der Waals surface area contributed by atoms with Gasteiger partial charge in [-0.05, 0) is 24.6 Å². The van der Waals surface area contributed by atoms with Crippen LogP contribution in [0, 0.1) is 12.7 Å². The Morgan fingerprint density at radius 1 is 1.37 bits per heavy atom. The highest BCUT2D eigenvalue weighted by Crippen LogP contribution is 2.37. The Kier molecular flexibility index (Phi) is 3.83. The second-order valence-corrected chi connectivity index (χ2v) is 6.45. The van der Waals surface area contributed by atoms with Crippen LogP contribution in [0.4, 0.5) is 4.39 Å². The third-order valence-corrected chi connectivity index (χ3v) is 4.69. The monoisotopic (exact) mass is 370 g/mol. The quantitative estimate of drug-likeness (QED) is 0.731. The zero-order valence-corrected chi connectivity index (χ0v) is 14.3. The summed E-state index contributed by atoms with van der Waals surface area (Å²) in [5, 5.41) is 19.7. The van der Waals surface area contributed by atoms with Gasteiger partial charge in [0.25, 0.3) is 5.56 Å². The first-order valence-corrected chi connectivity index (χ1v) is 8.24. The van der Waals surface area contributed by atoms with Crippen molar-refractivity contribution in [3.05, 3.63) is 63.3 Å². The molecular weight excluding hydrogens is 355 g/mol. The van der Waals surface area contributed by atoms with E-state index in [1.165, 1.54) is 29.8 Å². The fourth-order valence-electron chi connectivity index (χ4n) is 3.26. The van der Waals surface area contributed by atoms with Crippen LogP contribution in [-0.2, 0) is 17.8 Å². The van der Waals surface area contributed by atoms with Crippen LogP contribution >= 0.6 is 0 Å². The molecule has 7 nitrogen and oxygen atoms in total. The lowest BCUT2D eigenvalue weighted by molar-refractivity contribution is -0.146. The van der Waals surface area contributed by atoms with Crippen LogP contribution in [0.25, 0.3) is 11.0 Å². The van der Waals surface area contributed by atoms with Crippen molar-refractivity contribution in [2.75, 3.05) is 0 Å². The minimum atomic E-state index is -1.24. The molecule has 4 rings (SSSR count). The van der Waals surface area contributed by atoms with Crippen molar-refractivity contribution in [3.8, 4) is 11.5 Å².